The van der Waals surface area contributed by atoms with Crippen molar-refractivity contribution >= 4 is 28.4 Å². The van der Waals surface area contributed by atoms with Crippen molar-refractivity contribution in [2.75, 3.05) is 26.7 Å². The third-order valence-electron chi connectivity index (χ3n) is 6.42. The van der Waals surface area contributed by atoms with Crippen LogP contribution in [0.2, 0.25) is 0 Å². The summed E-state index contributed by atoms with van der Waals surface area (Å²) in [6.07, 6.45) is 3.18. The van der Waals surface area contributed by atoms with Crippen LogP contribution in [0.15, 0.2) is 30.5 Å². The average Bonchev–Trinajstić information content (AvgIpc) is 3.05. The highest BCUT2D eigenvalue weighted by Crippen LogP contribution is 2.40. The molecular formula is C25H33N3O3. The maximum absolute atomic E-state index is 13.5. The average molecular weight is 424 g/mol. The molecule has 3 heterocycles. The number of carbonyl (C=O) groups is 2. The van der Waals surface area contributed by atoms with Gasteiger partial charge in [-0.1, -0.05) is 32.0 Å². The number of likely N-dealkylation sites (tertiary alicyclic amines) is 1. The lowest BCUT2D eigenvalue weighted by molar-refractivity contribution is -0.140. The lowest BCUT2D eigenvalue weighted by atomic mass is 9.81. The third-order valence-corrected chi connectivity index (χ3v) is 6.42. The number of esters is 1. The molecule has 0 saturated carbocycles. The zero-order valence-electron chi connectivity index (χ0n) is 19.2. The molecule has 1 aromatic carbocycles. The molecule has 1 fully saturated rings. The number of hydrogen-bond donors (Lipinski definition) is 1. The number of hydrogen-bond acceptors (Lipinski definition) is 4. The van der Waals surface area contributed by atoms with Gasteiger partial charge in [0.25, 0.3) is 0 Å². The van der Waals surface area contributed by atoms with E-state index in [1.807, 2.05) is 32.0 Å². The zero-order chi connectivity index (χ0) is 22.3. The number of fused-ring (bicyclic) bond motifs is 3. The molecule has 1 aromatic heterocycles. The van der Waals surface area contributed by atoms with E-state index in [0.717, 1.165) is 48.1 Å². The van der Waals surface area contributed by atoms with E-state index in [-0.39, 0.29) is 23.3 Å². The maximum atomic E-state index is 13.5. The first-order chi connectivity index (χ1) is 14.7. The number of piperidine rings is 1. The lowest BCUT2D eigenvalue weighted by Gasteiger charge is -2.34. The first kappa shape index (κ1) is 21.6. The van der Waals surface area contributed by atoms with Crippen LogP contribution in [-0.4, -0.2) is 59.4 Å². The molecule has 0 radical (unpaired) electrons. The molecule has 1 saturated heterocycles. The number of ether oxygens (including phenoxy) is 1. The summed E-state index contributed by atoms with van der Waals surface area (Å²) in [5.74, 6) is -0.314. The van der Waals surface area contributed by atoms with Gasteiger partial charge in [-0.25, -0.2) is 4.79 Å². The minimum Gasteiger partial charge on any atom is -0.459 e. The molecule has 0 bridgehead atoms. The van der Waals surface area contributed by atoms with Gasteiger partial charge in [0.15, 0.2) is 0 Å². The maximum Gasteiger partial charge on any atom is 0.342 e. The number of rotatable bonds is 3. The van der Waals surface area contributed by atoms with Crippen LogP contribution in [0, 0.1) is 5.92 Å². The highest BCUT2D eigenvalue weighted by atomic mass is 16.5. The number of nitrogens with one attached hydrogen (secondary N) is 1. The van der Waals surface area contributed by atoms with E-state index >= 15 is 0 Å². The van der Waals surface area contributed by atoms with Gasteiger partial charge in [-0.15, -0.1) is 0 Å². The third kappa shape index (κ3) is 4.13. The summed E-state index contributed by atoms with van der Waals surface area (Å²) >= 11 is 0. The number of carbonyl (C=O) groups excluding carboxylic acids is 2. The summed E-state index contributed by atoms with van der Waals surface area (Å²) in [5.41, 5.74) is 2.89. The van der Waals surface area contributed by atoms with E-state index in [1.54, 1.807) is 11.1 Å². The molecule has 166 valence electrons. The van der Waals surface area contributed by atoms with Gasteiger partial charge in [0.2, 0.25) is 5.91 Å². The fourth-order valence-corrected chi connectivity index (χ4v) is 4.88. The topological polar surface area (TPSA) is 65.6 Å². The minimum absolute atomic E-state index is 0.0150. The fourth-order valence-electron chi connectivity index (χ4n) is 4.88. The normalized spacial score (nSPS) is 19.8. The second kappa shape index (κ2) is 8.15. The second-order valence-corrected chi connectivity index (χ2v) is 9.84. The Kier molecular flexibility index (Phi) is 5.69. The Morgan fingerprint density at radius 3 is 2.52 bits per heavy atom. The van der Waals surface area contributed by atoms with Crippen molar-refractivity contribution in [3.63, 3.8) is 0 Å². The number of nitrogens with zero attached hydrogens (tertiary/aromatic N) is 2. The summed E-state index contributed by atoms with van der Waals surface area (Å²) < 4.78 is 5.58. The van der Waals surface area contributed by atoms with Gasteiger partial charge >= 0.3 is 5.97 Å². The Hall–Kier alpha value is -2.60. The van der Waals surface area contributed by atoms with E-state index in [9.17, 15) is 9.59 Å². The molecule has 1 amide bonds. The quantitative estimate of drug-likeness (QED) is 0.760. The summed E-state index contributed by atoms with van der Waals surface area (Å²) in [7, 11) is 2.09. The first-order valence-corrected chi connectivity index (χ1v) is 11.2. The minimum atomic E-state index is -0.401. The number of para-hydroxylation sites is 1. The van der Waals surface area contributed by atoms with Crippen molar-refractivity contribution in [2.45, 2.75) is 52.1 Å². The smallest absolute Gasteiger partial charge is 0.342 e. The van der Waals surface area contributed by atoms with Gasteiger partial charge < -0.3 is 19.5 Å². The van der Waals surface area contributed by atoms with Gasteiger partial charge in [0.1, 0.15) is 0 Å². The van der Waals surface area contributed by atoms with Gasteiger partial charge in [-0.2, -0.15) is 0 Å². The first-order valence-electron chi connectivity index (χ1n) is 11.2. The van der Waals surface area contributed by atoms with Gasteiger partial charge in [0.05, 0.1) is 17.4 Å². The monoisotopic (exact) mass is 423 g/mol. The van der Waals surface area contributed by atoms with Crippen molar-refractivity contribution in [3.8, 4) is 0 Å². The summed E-state index contributed by atoms with van der Waals surface area (Å²) in [6, 6.07) is 8.09. The van der Waals surface area contributed by atoms with Crippen molar-refractivity contribution < 1.29 is 14.3 Å². The van der Waals surface area contributed by atoms with E-state index in [1.165, 1.54) is 0 Å². The highest BCUT2D eigenvalue weighted by Gasteiger charge is 2.39. The second-order valence-electron chi connectivity index (χ2n) is 9.84. The van der Waals surface area contributed by atoms with Crippen LogP contribution in [-0.2, 0) is 19.7 Å². The van der Waals surface area contributed by atoms with Crippen LogP contribution in [0.25, 0.3) is 16.5 Å². The Bertz CT molecular complexity index is 1030. The number of H-pyrrole nitrogens is 1. The SMILES string of the molecule is CC(C)OC(=O)C1=CN(C(=O)C2CCN(C)CC2)CC(C)(C)c2c1[nH]c1ccccc21. The Morgan fingerprint density at radius 1 is 1.16 bits per heavy atom. The van der Waals surface area contributed by atoms with E-state index in [4.69, 9.17) is 4.74 Å². The molecular weight excluding hydrogens is 390 g/mol. The van der Waals surface area contributed by atoms with Gasteiger partial charge in [0, 0.05) is 35.0 Å². The molecule has 6 heteroatoms. The van der Waals surface area contributed by atoms with Crippen LogP contribution < -0.4 is 0 Å². The predicted octanol–water partition coefficient (Wildman–Crippen LogP) is 3.92. The van der Waals surface area contributed by atoms with E-state index in [0.29, 0.717) is 12.1 Å². The molecule has 6 nitrogen and oxygen atoms in total. The molecule has 2 aromatic rings. The van der Waals surface area contributed by atoms with Crippen LogP contribution in [0.4, 0.5) is 0 Å². The molecule has 0 aliphatic carbocycles. The predicted molar refractivity (Wildman–Crippen MR) is 122 cm³/mol. The number of aromatic amines is 1. The number of benzene rings is 1. The Balaban J connectivity index is 1.80. The molecule has 2 aliphatic rings. The zero-order valence-corrected chi connectivity index (χ0v) is 19.2. The fraction of sp³-hybridized carbons (Fsp3) is 0.520. The summed E-state index contributed by atoms with van der Waals surface area (Å²) in [5, 5.41) is 1.08. The highest BCUT2D eigenvalue weighted by molar-refractivity contribution is 6.18. The van der Waals surface area contributed by atoms with E-state index < -0.39 is 5.97 Å². The van der Waals surface area contributed by atoms with Crippen LogP contribution in [0.5, 0.6) is 0 Å². The molecule has 0 unspecified atom stereocenters. The van der Waals surface area contributed by atoms with Crippen LogP contribution >= 0.6 is 0 Å². The van der Waals surface area contributed by atoms with Crippen molar-refractivity contribution in [1.29, 1.82) is 0 Å². The van der Waals surface area contributed by atoms with Crippen LogP contribution in [0.3, 0.4) is 0 Å². The molecule has 4 rings (SSSR count). The number of amides is 1. The summed E-state index contributed by atoms with van der Waals surface area (Å²) in [6.45, 7) is 10.3. The molecule has 0 atom stereocenters. The molecule has 2 aliphatic heterocycles. The molecule has 1 N–H and O–H groups in total. The Morgan fingerprint density at radius 2 is 1.84 bits per heavy atom. The van der Waals surface area contributed by atoms with Gasteiger partial charge in [-0.3, -0.25) is 4.79 Å². The largest absolute Gasteiger partial charge is 0.459 e. The van der Waals surface area contributed by atoms with E-state index in [2.05, 4.69) is 36.8 Å². The van der Waals surface area contributed by atoms with Crippen molar-refractivity contribution in [1.82, 2.24) is 14.8 Å². The lowest BCUT2D eigenvalue weighted by Crippen LogP contribution is -2.43. The molecule has 0 spiro atoms. The number of aromatic nitrogens is 1. The van der Waals surface area contributed by atoms with Gasteiger partial charge in [-0.05, 0) is 58.5 Å². The molecule has 31 heavy (non-hydrogen) atoms. The summed E-state index contributed by atoms with van der Waals surface area (Å²) in [4.78, 5) is 34.2. The standard InChI is InChI=1S/C25H33N3O3/c1-16(2)31-24(30)19-14-28(23(29)17-10-12-27(5)13-11-17)15-25(3,4)21-18-8-6-7-9-20(18)26-22(19)21/h6-9,14,16-17,26H,10-13,15H2,1-5H3. The van der Waals surface area contributed by atoms with Crippen LogP contribution in [0.1, 0.15) is 51.8 Å². The van der Waals surface area contributed by atoms with Crippen molar-refractivity contribution in [2.24, 2.45) is 5.92 Å². The Labute approximate surface area is 184 Å². The van der Waals surface area contributed by atoms with Crippen molar-refractivity contribution in [3.05, 3.63) is 41.7 Å².